The van der Waals surface area contributed by atoms with Gasteiger partial charge in [-0.2, -0.15) is 0 Å². The van der Waals surface area contributed by atoms with E-state index in [-0.39, 0.29) is 23.4 Å². The van der Waals surface area contributed by atoms with Crippen molar-refractivity contribution in [2.45, 2.75) is 46.1 Å². The zero-order chi connectivity index (χ0) is 22.3. The Morgan fingerprint density at radius 2 is 1.60 bits per heavy atom. The van der Waals surface area contributed by atoms with E-state index in [9.17, 15) is 19.2 Å². The zero-order valence-electron chi connectivity index (χ0n) is 18.0. The predicted octanol–water partition coefficient (Wildman–Crippen LogP) is 1.92. The molecule has 0 spiro atoms. The van der Waals surface area contributed by atoms with Crippen molar-refractivity contribution in [2.24, 2.45) is 5.92 Å². The smallest absolute Gasteiger partial charge is 0.317 e. The van der Waals surface area contributed by atoms with Crippen LogP contribution in [0.5, 0.6) is 0 Å². The van der Waals surface area contributed by atoms with Crippen LogP contribution in [0, 0.1) is 5.92 Å². The molecule has 9 heteroatoms. The fourth-order valence-electron chi connectivity index (χ4n) is 3.12. The first kappa shape index (κ1) is 23.2. The third-order valence-corrected chi connectivity index (χ3v) is 4.58. The summed E-state index contributed by atoms with van der Waals surface area (Å²) in [5.74, 6) is -1.49. The standard InChI is InChI=1S/C21H31N5O4/c1-14(27)23-16-6-5-7-17(12-16)24-19(29)18(28)22-13-15-8-10-26(11-9-15)20(30)25-21(2,3)4/h5-7,12,15H,8-11,13H2,1-4H3,(H,22,28)(H,23,27)(H,24,29)(H,25,30). The summed E-state index contributed by atoms with van der Waals surface area (Å²) in [6, 6.07) is 6.49. The lowest BCUT2D eigenvalue weighted by atomic mass is 9.97. The Hall–Kier alpha value is -3.10. The van der Waals surface area contributed by atoms with Crippen molar-refractivity contribution in [2.75, 3.05) is 30.3 Å². The van der Waals surface area contributed by atoms with Crippen LogP contribution in [0.3, 0.4) is 0 Å². The fraction of sp³-hybridized carbons (Fsp3) is 0.524. The number of urea groups is 1. The van der Waals surface area contributed by atoms with Crippen LogP contribution in [-0.2, 0) is 14.4 Å². The normalized spacial score (nSPS) is 14.6. The summed E-state index contributed by atoms with van der Waals surface area (Å²) in [6.45, 7) is 8.82. The second kappa shape index (κ2) is 10.1. The van der Waals surface area contributed by atoms with Crippen LogP contribution in [0.1, 0.15) is 40.5 Å². The van der Waals surface area contributed by atoms with Crippen LogP contribution in [0.4, 0.5) is 16.2 Å². The number of carbonyl (C=O) groups excluding carboxylic acids is 4. The number of nitrogens with zero attached hydrogens (tertiary/aromatic N) is 1. The summed E-state index contributed by atoms with van der Waals surface area (Å²) < 4.78 is 0. The second-order valence-electron chi connectivity index (χ2n) is 8.54. The summed E-state index contributed by atoms with van der Waals surface area (Å²) in [5, 5.41) is 10.7. The van der Waals surface area contributed by atoms with Gasteiger partial charge in [-0.05, 0) is 57.7 Å². The number of rotatable bonds is 4. The number of anilines is 2. The summed E-state index contributed by atoms with van der Waals surface area (Å²) in [6.07, 6.45) is 1.52. The monoisotopic (exact) mass is 417 g/mol. The van der Waals surface area contributed by atoms with Gasteiger partial charge in [-0.1, -0.05) is 6.07 Å². The molecule has 2 rings (SSSR count). The Bertz CT molecular complexity index is 795. The lowest BCUT2D eigenvalue weighted by molar-refractivity contribution is -0.136. The highest BCUT2D eigenvalue weighted by atomic mass is 16.2. The molecule has 0 unspecified atom stereocenters. The topological polar surface area (TPSA) is 120 Å². The molecule has 0 bridgehead atoms. The Balaban J connectivity index is 1.75. The first-order chi connectivity index (χ1) is 14.0. The molecule has 1 aliphatic rings. The largest absolute Gasteiger partial charge is 0.348 e. The van der Waals surface area contributed by atoms with Crippen molar-refractivity contribution in [3.05, 3.63) is 24.3 Å². The predicted molar refractivity (Wildman–Crippen MR) is 115 cm³/mol. The highest BCUT2D eigenvalue weighted by Crippen LogP contribution is 2.17. The summed E-state index contributed by atoms with van der Waals surface area (Å²) in [7, 11) is 0. The summed E-state index contributed by atoms with van der Waals surface area (Å²) in [5.41, 5.74) is 0.666. The van der Waals surface area contributed by atoms with E-state index in [0.29, 0.717) is 31.0 Å². The minimum absolute atomic E-state index is 0.0779. The molecule has 5 amide bonds. The molecule has 1 fully saturated rings. The SMILES string of the molecule is CC(=O)Nc1cccc(NC(=O)C(=O)NCC2CCN(C(=O)NC(C)(C)C)CC2)c1. The molecule has 1 aliphatic heterocycles. The van der Waals surface area contributed by atoms with Crippen LogP contribution in [0.25, 0.3) is 0 Å². The van der Waals surface area contributed by atoms with Crippen molar-refractivity contribution < 1.29 is 19.2 Å². The average molecular weight is 418 g/mol. The summed E-state index contributed by atoms with van der Waals surface area (Å²) in [4.78, 5) is 49.3. The van der Waals surface area contributed by atoms with Crippen molar-refractivity contribution in [1.29, 1.82) is 0 Å². The molecule has 30 heavy (non-hydrogen) atoms. The second-order valence-corrected chi connectivity index (χ2v) is 8.54. The molecule has 0 radical (unpaired) electrons. The molecule has 0 saturated carbocycles. The van der Waals surface area contributed by atoms with E-state index in [1.807, 2.05) is 20.8 Å². The number of nitrogens with one attached hydrogen (secondary N) is 4. The Kier molecular flexibility index (Phi) is 7.79. The van der Waals surface area contributed by atoms with E-state index in [1.165, 1.54) is 6.92 Å². The Morgan fingerprint density at radius 3 is 2.17 bits per heavy atom. The average Bonchev–Trinajstić information content (AvgIpc) is 2.64. The maximum atomic E-state index is 12.2. The van der Waals surface area contributed by atoms with Gasteiger partial charge in [0.15, 0.2) is 0 Å². The fourth-order valence-corrected chi connectivity index (χ4v) is 3.12. The van der Waals surface area contributed by atoms with Gasteiger partial charge in [0.25, 0.3) is 0 Å². The lowest BCUT2D eigenvalue weighted by Crippen LogP contribution is -2.51. The third kappa shape index (κ3) is 7.73. The molecule has 0 atom stereocenters. The van der Waals surface area contributed by atoms with Gasteiger partial charge in [-0.3, -0.25) is 14.4 Å². The number of carbonyl (C=O) groups is 4. The van der Waals surface area contributed by atoms with E-state index in [4.69, 9.17) is 0 Å². The van der Waals surface area contributed by atoms with E-state index in [2.05, 4.69) is 21.3 Å². The first-order valence-corrected chi connectivity index (χ1v) is 10.1. The summed E-state index contributed by atoms with van der Waals surface area (Å²) >= 11 is 0. The molecule has 1 saturated heterocycles. The molecule has 0 aromatic heterocycles. The van der Waals surface area contributed by atoms with Crippen LogP contribution in [0.2, 0.25) is 0 Å². The van der Waals surface area contributed by atoms with Gasteiger partial charge >= 0.3 is 17.8 Å². The van der Waals surface area contributed by atoms with Gasteiger partial charge in [-0.25, -0.2) is 4.79 Å². The highest BCUT2D eigenvalue weighted by molar-refractivity contribution is 6.39. The van der Waals surface area contributed by atoms with Crippen LogP contribution in [-0.4, -0.2) is 53.8 Å². The van der Waals surface area contributed by atoms with Gasteiger partial charge in [0.05, 0.1) is 0 Å². The van der Waals surface area contributed by atoms with Gasteiger partial charge in [0, 0.05) is 43.5 Å². The number of benzene rings is 1. The zero-order valence-corrected chi connectivity index (χ0v) is 18.0. The number of hydrogen-bond acceptors (Lipinski definition) is 4. The Morgan fingerprint density at radius 1 is 1.00 bits per heavy atom. The number of hydrogen-bond donors (Lipinski definition) is 4. The number of amides is 5. The quantitative estimate of drug-likeness (QED) is 0.560. The van der Waals surface area contributed by atoms with Crippen molar-refractivity contribution >= 4 is 35.1 Å². The molecule has 1 heterocycles. The first-order valence-electron chi connectivity index (χ1n) is 10.1. The minimum Gasteiger partial charge on any atom is -0.348 e. The molecule has 4 N–H and O–H groups in total. The van der Waals surface area contributed by atoms with Crippen LogP contribution >= 0.6 is 0 Å². The van der Waals surface area contributed by atoms with Gasteiger partial charge in [0.1, 0.15) is 0 Å². The van der Waals surface area contributed by atoms with E-state index < -0.39 is 11.8 Å². The number of likely N-dealkylation sites (tertiary alicyclic amines) is 1. The number of piperidine rings is 1. The molecule has 9 nitrogen and oxygen atoms in total. The molecule has 164 valence electrons. The van der Waals surface area contributed by atoms with E-state index in [1.54, 1.807) is 29.2 Å². The minimum atomic E-state index is -0.767. The molecule has 0 aliphatic carbocycles. The lowest BCUT2D eigenvalue weighted by Gasteiger charge is -2.34. The molecule has 1 aromatic rings. The molecular formula is C21H31N5O4. The third-order valence-electron chi connectivity index (χ3n) is 4.58. The van der Waals surface area contributed by atoms with Gasteiger partial charge in [-0.15, -0.1) is 0 Å². The van der Waals surface area contributed by atoms with Crippen molar-refractivity contribution in [3.8, 4) is 0 Å². The van der Waals surface area contributed by atoms with E-state index in [0.717, 1.165) is 12.8 Å². The van der Waals surface area contributed by atoms with E-state index >= 15 is 0 Å². The maximum Gasteiger partial charge on any atom is 0.317 e. The Labute approximate surface area is 177 Å². The maximum absolute atomic E-state index is 12.2. The van der Waals surface area contributed by atoms with Crippen LogP contribution < -0.4 is 21.3 Å². The van der Waals surface area contributed by atoms with Crippen molar-refractivity contribution in [3.63, 3.8) is 0 Å². The highest BCUT2D eigenvalue weighted by Gasteiger charge is 2.26. The van der Waals surface area contributed by atoms with Gasteiger partial charge in [0.2, 0.25) is 5.91 Å². The van der Waals surface area contributed by atoms with Crippen molar-refractivity contribution in [1.82, 2.24) is 15.5 Å². The molecule has 1 aromatic carbocycles. The van der Waals surface area contributed by atoms with Crippen LogP contribution in [0.15, 0.2) is 24.3 Å². The van der Waals surface area contributed by atoms with Gasteiger partial charge < -0.3 is 26.2 Å². The molecular weight excluding hydrogens is 386 g/mol.